The van der Waals surface area contributed by atoms with E-state index >= 15 is 0 Å². The minimum atomic E-state index is -0.918. The van der Waals surface area contributed by atoms with Crippen molar-refractivity contribution in [2.24, 2.45) is 0 Å². The third kappa shape index (κ3) is 3.45. The number of aliphatic hydroxyl groups excluding tert-OH is 1. The van der Waals surface area contributed by atoms with Crippen molar-refractivity contribution in [2.45, 2.75) is 51.0 Å². The second-order valence-electron chi connectivity index (χ2n) is 7.66. The molecule has 0 saturated carbocycles. The van der Waals surface area contributed by atoms with Crippen molar-refractivity contribution in [3.05, 3.63) is 70.8 Å². The van der Waals surface area contributed by atoms with E-state index < -0.39 is 12.2 Å². The predicted molar refractivity (Wildman–Crippen MR) is 103 cm³/mol. The molecule has 2 heterocycles. The van der Waals surface area contributed by atoms with Gasteiger partial charge in [-0.15, -0.1) is 0 Å². The second kappa shape index (κ2) is 7.33. The first-order chi connectivity index (χ1) is 13.0. The highest BCUT2D eigenvalue weighted by atomic mass is 16.4. The van der Waals surface area contributed by atoms with Gasteiger partial charge in [0.2, 0.25) is 0 Å². The Morgan fingerprint density at radius 3 is 2.48 bits per heavy atom. The first-order valence-corrected chi connectivity index (χ1v) is 9.62. The number of rotatable bonds is 3. The van der Waals surface area contributed by atoms with Gasteiger partial charge in [-0.3, -0.25) is 9.80 Å². The lowest BCUT2D eigenvalue weighted by Gasteiger charge is -2.47. The maximum Gasteiger partial charge on any atom is 0.409 e. The molecule has 0 aromatic heterocycles. The lowest BCUT2D eigenvalue weighted by Crippen LogP contribution is -2.56. The molecule has 2 aliphatic rings. The zero-order valence-corrected chi connectivity index (χ0v) is 15.6. The number of hydrogen-bond donors (Lipinski definition) is 2. The van der Waals surface area contributed by atoms with Gasteiger partial charge < -0.3 is 10.2 Å². The van der Waals surface area contributed by atoms with E-state index in [-0.39, 0.29) is 12.2 Å². The molecule has 0 bridgehead atoms. The molecule has 2 aromatic rings. The van der Waals surface area contributed by atoms with Crippen molar-refractivity contribution in [2.75, 3.05) is 6.54 Å². The summed E-state index contributed by atoms with van der Waals surface area (Å²) in [6, 6.07) is 16.1. The molecule has 5 nitrogen and oxygen atoms in total. The first kappa shape index (κ1) is 18.0. The van der Waals surface area contributed by atoms with Crippen LogP contribution < -0.4 is 0 Å². The molecular formula is C22H26N2O3. The third-order valence-corrected chi connectivity index (χ3v) is 5.84. The summed E-state index contributed by atoms with van der Waals surface area (Å²) in [5.41, 5.74) is 4.84. The molecule has 0 spiro atoms. The maximum absolute atomic E-state index is 12.3. The van der Waals surface area contributed by atoms with Crippen LogP contribution in [-0.2, 0) is 19.4 Å². The van der Waals surface area contributed by atoms with E-state index in [1.54, 1.807) is 11.8 Å². The van der Waals surface area contributed by atoms with Gasteiger partial charge in [0.15, 0.2) is 0 Å². The molecule has 5 heteroatoms. The molecule has 3 unspecified atom stereocenters. The highest BCUT2D eigenvalue weighted by Crippen LogP contribution is 2.38. The summed E-state index contributed by atoms with van der Waals surface area (Å²) in [5, 5.41) is 20.1. The Hall–Kier alpha value is -2.37. The number of amides is 1. The molecular weight excluding hydrogens is 340 g/mol. The van der Waals surface area contributed by atoms with Crippen LogP contribution in [0.1, 0.15) is 41.6 Å². The Labute approximate surface area is 159 Å². The average Bonchev–Trinajstić information content (AvgIpc) is 2.66. The number of aliphatic hydroxyl groups is 1. The zero-order chi connectivity index (χ0) is 19.0. The van der Waals surface area contributed by atoms with Crippen LogP contribution >= 0.6 is 0 Å². The first-order valence-electron chi connectivity index (χ1n) is 9.62. The highest BCUT2D eigenvalue weighted by molar-refractivity contribution is 5.67. The SMILES string of the molecule is CC(O)CC1c2ccccc2CC(N2CCc3ccccc3C2)N1C(=O)O. The smallest absolute Gasteiger partial charge is 0.409 e. The summed E-state index contributed by atoms with van der Waals surface area (Å²) >= 11 is 0. The standard InChI is InChI=1S/C22H26N2O3/c1-15(25)12-20-19-9-5-4-7-17(19)13-21(24(20)22(26)27)23-11-10-16-6-2-3-8-18(16)14-23/h2-9,15,20-21,25H,10-14H2,1H3,(H,26,27). The summed E-state index contributed by atoms with van der Waals surface area (Å²) in [7, 11) is 0. The maximum atomic E-state index is 12.3. The Bertz CT molecular complexity index is 836. The molecule has 3 atom stereocenters. The average molecular weight is 366 g/mol. The van der Waals surface area contributed by atoms with E-state index in [9.17, 15) is 15.0 Å². The van der Waals surface area contributed by atoms with Crippen LogP contribution in [0.2, 0.25) is 0 Å². The van der Waals surface area contributed by atoms with Crippen LogP contribution in [0.15, 0.2) is 48.5 Å². The minimum absolute atomic E-state index is 0.213. The van der Waals surface area contributed by atoms with Gasteiger partial charge in [-0.1, -0.05) is 48.5 Å². The van der Waals surface area contributed by atoms with Crippen LogP contribution in [0.3, 0.4) is 0 Å². The molecule has 0 saturated heterocycles. The van der Waals surface area contributed by atoms with Crippen molar-refractivity contribution in [3.8, 4) is 0 Å². The number of hydrogen-bond acceptors (Lipinski definition) is 3. The number of benzene rings is 2. The zero-order valence-electron chi connectivity index (χ0n) is 15.6. The van der Waals surface area contributed by atoms with E-state index in [1.165, 1.54) is 16.7 Å². The Morgan fingerprint density at radius 1 is 1.11 bits per heavy atom. The summed E-state index contributed by atoms with van der Waals surface area (Å²) in [6.07, 6.45) is 0.327. The van der Waals surface area contributed by atoms with Crippen LogP contribution in [0.4, 0.5) is 4.79 Å². The predicted octanol–water partition coefficient (Wildman–Crippen LogP) is 3.42. The lowest BCUT2D eigenvalue weighted by atomic mass is 9.87. The second-order valence-corrected chi connectivity index (χ2v) is 7.66. The molecule has 142 valence electrons. The summed E-state index contributed by atoms with van der Waals surface area (Å²) in [6.45, 7) is 3.33. The van der Waals surface area contributed by atoms with Gasteiger partial charge in [-0.05, 0) is 42.0 Å². The van der Waals surface area contributed by atoms with Crippen LogP contribution in [0.5, 0.6) is 0 Å². The van der Waals surface area contributed by atoms with Gasteiger partial charge in [0, 0.05) is 19.5 Å². The lowest BCUT2D eigenvalue weighted by molar-refractivity contribution is -0.00903. The summed E-state index contributed by atoms with van der Waals surface area (Å²) in [4.78, 5) is 16.1. The minimum Gasteiger partial charge on any atom is -0.465 e. The molecule has 0 fully saturated rings. The topological polar surface area (TPSA) is 64.0 Å². The molecule has 0 radical (unpaired) electrons. The Kier molecular flexibility index (Phi) is 4.89. The van der Waals surface area contributed by atoms with Gasteiger partial charge in [0.05, 0.1) is 18.3 Å². The van der Waals surface area contributed by atoms with Crippen molar-refractivity contribution >= 4 is 6.09 Å². The molecule has 2 aromatic carbocycles. The third-order valence-electron chi connectivity index (χ3n) is 5.84. The molecule has 0 aliphatic carbocycles. The van der Waals surface area contributed by atoms with Gasteiger partial charge >= 0.3 is 6.09 Å². The van der Waals surface area contributed by atoms with Crippen LogP contribution in [0.25, 0.3) is 0 Å². The van der Waals surface area contributed by atoms with Crippen molar-refractivity contribution < 1.29 is 15.0 Å². The summed E-state index contributed by atoms with van der Waals surface area (Å²) in [5.74, 6) is 0. The van der Waals surface area contributed by atoms with Gasteiger partial charge in [0.1, 0.15) is 0 Å². The van der Waals surface area contributed by atoms with E-state index in [0.717, 1.165) is 25.1 Å². The molecule has 1 amide bonds. The van der Waals surface area contributed by atoms with E-state index in [4.69, 9.17) is 0 Å². The monoisotopic (exact) mass is 366 g/mol. The normalized spacial score (nSPS) is 23.4. The Morgan fingerprint density at radius 2 is 1.78 bits per heavy atom. The van der Waals surface area contributed by atoms with Crippen LogP contribution in [-0.4, -0.2) is 44.9 Å². The Balaban J connectivity index is 1.70. The molecule has 27 heavy (non-hydrogen) atoms. The fourth-order valence-electron chi connectivity index (χ4n) is 4.60. The largest absolute Gasteiger partial charge is 0.465 e. The van der Waals surface area contributed by atoms with Gasteiger partial charge in [-0.2, -0.15) is 0 Å². The van der Waals surface area contributed by atoms with Crippen molar-refractivity contribution in [3.63, 3.8) is 0 Å². The fraction of sp³-hybridized carbons (Fsp3) is 0.409. The molecule has 4 rings (SSSR count). The number of fused-ring (bicyclic) bond motifs is 2. The van der Waals surface area contributed by atoms with Crippen LogP contribution in [0, 0.1) is 0 Å². The van der Waals surface area contributed by atoms with Gasteiger partial charge in [0.25, 0.3) is 0 Å². The summed E-state index contributed by atoms with van der Waals surface area (Å²) < 4.78 is 0. The molecule has 2 N–H and O–H groups in total. The van der Waals surface area contributed by atoms with E-state index in [0.29, 0.717) is 12.8 Å². The number of nitrogens with zero attached hydrogens (tertiary/aromatic N) is 2. The molecule has 2 aliphatic heterocycles. The van der Waals surface area contributed by atoms with Crippen molar-refractivity contribution in [1.29, 1.82) is 0 Å². The fourth-order valence-corrected chi connectivity index (χ4v) is 4.60. The number of carbonyl (C=O) groups is 1. The van der Waals surface area contributed by atoms with E-state index in [2.05, 4.69) is 29.2 Å². The highest BCUT2D eigenvalue weighted by Gasteiger charge is 2.41. The number of carboxylic acid groups (broad SMARTS) is 1. The van der Waals surface area contributed by atoms with Gasteiger partial charge in [-0.25, -0.2) is 4.79 Å². The quantitative estimate of drug-likeness (QED) is 0.874. The van der Waals surface area contributed by atoms with Crippen molar-refractivity contribution in [1.82, 2.24) is 9.80 Å². The van der Waals surface area contributed by atoms with E-state index in [1.807, 2.05) is 24.3 Å².